The summed E-state index contributed by atoms with van der Waals surface area (Å²) in [5, 5.41) is 16.7. The molecular formula is C17H15N5O4. The van der Waals surface area contributed by atoms with Crippen molar-refractivity contribution in [1.29, 1.82) is 0 Å². The highest BCUT2D eigenvalue weighted by Crippen LogP contribution is 2.19. The first-order valence-electron chi connectivity index (χ1n) is 7.72. The Morgan fingerprint density at radius 2 is 1.96 bits per heavy atom. The second-order valence-electron chi connectivity index (χ2n) is 5.43. The average molecular weight is 353 g/mol. The number of nitro groups is 1. The van der Waals surface area contributed by atoms with Gasteiger partial charge in [0.15, 0.2) is 0 Å². The van der Waals surface area contributed by atoms with E-state index in [0.29, 0.717) is 11.2 Å². The zero-order valence-electron chi connectivity index (χ0n) is 13.8. The number of amides is 1. The van der Waals surface area contributed by atoms with Gasteiger partial charge in [-0.25, -0.2) is 4.98 Å². The topological polar surface area (TPSA) is 119 Å². The van der Waals surface area contributed by atoms with Crippen LogP contribution in [0.4, 0.5) is 11.5 Å². The third-order valence-electron chi connectivity index (χ3n) is 3.80. The number of benzene rings is 1. The number of nitrogens with one attached hydrogen (secondary N) is 2. The fourth-order valence-electron chi connectivity index (χ4n) is 2.47. The zero-order valence-corrected chi connectivity index (χ0v) is 13.8. The predicted octanol–water partition coefficient (Wildman–Crippen LogP) is 1.57. The standard InChI is InChI=1S/C17H15N5O4/c1-18-16(23)12-7-5-11(6-8-12)10-19-15-14(22(25)26)17(24)21-9-3-2-4-13(21)20-15/h2-9,19H,10H2,1H3,(H,18,23). The Morgan fingerprint density at radius 3 is 2.62 bits per heavy atom. The van der Waals surface area contributed by atoms with Crippen LogP contribution in [0.2, 0.25) is 0 Å². The molecule has 0 saturated carbocycles. The Labute approximate surface area is 147 Å². The molecule has 9 nitrogen and oxygen atoms in total. The van der Waals surface area contributed by atoms with E-state index in [0.717, 1.165) is 9.96 Å². The van der Waals surface area contributed by atoms with Crippen LogP contribution < -0.4 is 16.2 Å². The normalized spacial score (nSPS) is 10.5. The van der Waals surface area contributed by atoms with Gasteiger partial charge in [-0.05, 0) is 29.8 Å². The molecule has 0 unspecified atom stereocenters. The molecule has 0 aliphatic carbocycles. The van der Waals surface area contributed by atoms with Gasteiger partial charge >= 0.3 is 11.2 Å². The molecule has 3 rings (SSSR count). The molecule has 1 amide bonds. The molecule has 2 aromatic heterocycles. The van der Waals surface area contributed by atoms with E-state index in [2.05, 4.69) is 15.6 Å². The SMILES string of the molecule is CNC(=O)c1ccc(CNc2nc3ccccn3c(=O)c2[N+](=O)[O-])cc1. The fraction of sp³-hybridized carbons (Fsp3) is 0.118. The van der Waals surface area contributed by atoms with Gasteiger partial charge in [0.25, 0.3) is 5.91 Å². The number of pyridine rings is 1. The first-order valence-corrected chi connectivity index (χ1v) is 7.72. The number of hydrogen-bond donors (Lipinski definition) is 2. The third-order valence-corrected chi connectivity index (χ3v) is 3.80. The van der Waals surface area contributed by atoms with E-state index in [4.69, 9.17) is 0 Å². The molecule has 0 aliphatic heterocycles. The van der Waals surface area contributed by atoms with E-state index in [1.165, 1.54) is 6.20 Å². The second kappa shape index (κ2) is 7.01. The van der Waals surface area contributed by atoms with Crippen LogP contribution in [-0.2, 0) is 6.54 Å². The molecule has 9 heteroatoms. The molecule has 0 radical (unpaired) electrons. The lowest BCUT2D eigenvalue weighted by Crippen LogP contribution is -2.21. The number of anilines is 1. The minimum Gasteiger partial charge on any atom is -0.360 e. The lowest BCUT2D eigenvalue weighted by Gasteiger charge is -2.08. The van der Waals surface area contributed by atoms with Crippen LogP contribution >= 0.6 is 0 Å². The van der Waals surface area contributed by atoms with Gasteiger partial charge in [0.1, 0.15) is 5.65 Å². The number of carbonyl (C=O) groups excluding carboxylic acids is 1. The summed E-state index contributed by atoms with van der Waals surface area (Å²) < 4.78 is 1.13. The molecule has 2 N–H and O–H groups in total. The maximum absolute atomic E-state index is 12.4. The lowest BCUT2D eigenvalue weighted by molar-refractivity contribution is -0.385. The van der Waals surface area contributed by atoms with Crippen molar-refractivity contribution in [2.75, 3.05) is 12.4 Å². The summed E-state index contributed by atoms with van der Waals surface area (Å²) in [6.07, 6.45) is 1.43. The molecule has 26 heavy (non-hydrogen) atoms. The molecular weight excluding hydrogens is 338 g/mol. The van der Waals surface area contributed by atoms with Crippen molar-refractivity contribution >= 4 is 23.1 Å². The molecule has 1 aromatic carbocycles. The summed E-state index contributed by atoms with van der Waals surface area (Å²) in [6.45, 7) is 0.213. The van der Waals surface area contributed by atoms with Gasteiger partial charge in [0.2, 0.25) is 5.82 Å². The smallest absolute Gasteiger partial charge is 0.360 e. The second-order valence-corrected chi connectivity index (χ2v) is 5.43. The highest BCUT2D eigenvalue weighted by Gasteiger charge is 2.23. The molecule has 0 fully saturated rings. The van der Waals surface area contributed by atoms with Crippen LogP contribution in [0, 0.1) is 10.1 Å². The summed E-state index contributed by atoms with van der Waals surface area (Å²) in [5.41, 5.74) is 0.223. The van der Waals surface area contributed by atoms with Gasteiger partial charge in [-0.1, -0.05) is 18.2 Å². The number of hydrogen-bond acceptors (Lipinski definition) is 6. The van der Waals surface area contributed by atoms with Gasteiger partial charge in [0, 0.05) is 25.4 Å². The van der Waals surface area contributed by atoms with Gasteiger partial charge in [-0.2, -0.15) is 0 Å². The monoisotopic (exact) mass is 353 g/mol. The highest BCUT2D eigenvalue weighted by atomic mass is 16.6. The van der Waals surface area contributed by atoms with Gasteiger partial charge < -0.3 is 10.6 Å². The van der Waals surface area contributed by atoms with E-state index in [1.807, 2.05) is 0 Å². The Balaban J connectivity index is 1.91. The van der Waals surface area contributed by atoms with Gasteiger partial charge in [-0.15, -0.1) is 0 Å². The van der Waals surface area contributed by atoms with Gasteiger partial charge in [-0.3, -0.25) is 24.1 Å². The quantitative estimate of drug-likeness (QED) is 0.531. The maximum atomic E-state index is 12.4. The average Bonchev–Trinajstić information content (AvgIpc) is 2.66. The van der Waals surface area contributed by atoms with E-state index >= 15 is 0 Å². The van der Waals surface area contributed by atoms with Crippen molar-refractivity contribution in [1.82, 2.24) is 14.7 Å². The van der Waals surface area contributed by atoms with E-state index in [-0.39, 0.29) is 18.3 Å². The zero-order chi connectivity index (χ0) is 18.7. The summed E-state index contributed by atoms with van der Waals surface area (Å²) in [4.78, 5) is 38.6. The van der Waals surface area contributed by atoms with Gasteiger partial charge in [0.05, 0.1) is 4.92 Å². The van der Waals surface area contributed by atoms with Crippen LogP contribution in [0.3, 0.4) is 0 Å². The van der Waals surface area contributed by atoms with Crippen molar-refractivity contribution in [2.24, 2.45) is 0 Å². The van der Waals surface area contributed by atoms with E-state index in [9.17, 15) is 19.7 Å². The van der Waals surface area contributed by atoms with Crippen LogP contribution in [0.5, 0.6) is 0 Å². The lowest BCUT2D eigenvalue weighted by atomic mass is 10.1. The summed E-state index contributed by atoms with van der Waals surface area (Å²) in [6, 6.07) is 11.6. The first-order chi connectivity index (χ1) is 12.5. The number of fused-ring (bicyclic) bond motifs is 1. The number of aromatic nitrogens is 2. The van der Waals surface area contributed by atoms with Crippen molar-refractivity contribution < 1.29 is 9.72 Å². The van der Waals surface area contributed by atoms with Crippen molar-refractivity contribution in [3.8, 4) is 0 Å². The third kappa shape index (κ3) is 3.22. The molecule has 0 bridgehead atoms. The predicted molar refractivity (Wildman–Crippen MR) is 95.3 cm³/mol. The van der Waals surface area contributed by atoms with Crippen molar-refractivity contribution in [3.05, 3.63) is 80.3 Å². The molecule has 2 heterocycles. The molecule has 0 spiro atoms. The largest absolute Gasteiger partial charge is 0.376 e. The summed E-state index contributed by atoms with van der Waals surface area (Å²) in [7, 11) is 1.54. The Morgan fingerprint density at radius 1 is 1.23 bits per heavy atom. The molecule has 0 atom stereocenters. The number of carbonyl (C=O) groups is 1. The minimum atomic E-state index is -0.752. The van der Waals surface area contributed by atoms with Crippen LogP contribution in [-0.4, -0.2) is 27.3 Å². The van der Waals surface area contributed by atoms with E-state index in [1.54, 1.807) is 49.5 Å². The summed E-state index contributed by atoms with van der Waals surface area (Å²) >= 11 is 0. The Kier molecular flexibility index (Phi) is 4.61. The van der Waals surface area contributed by atoms with Crippen LogP contribution in [0.15, 0.2) is 53.5 Å². The maximum Gasteiger partial charge on any atom is 0.376 e. The summed E-state index contributed by atoms with van der Waals surface area (Å²) in [5.74, 6) is -0.300. The first kappa shape index (κ1) is 17.1. The Hall–Kier alpha value is -3.75. The molecule has 0 saturated heterocycles. The molecule has 3 aromatic rings. The van der Waals surface area contributed by atoms with Crippen molar-refractivity contribution in [3.63, 3.8) is 0 Å². The molecule has 132 valence electrons. The number of rotatable bonds is 5. The molecule has 0 aliphatic rings. The van der Waals surface area contributed by atoms with Crippen LogP contribution in [0.1, 0.15) is 15.9 Å². The number of nitrogens with zero attached hydrogens (tertiary/aromatic N) is 3. The van der Waals surface area contributed by atoms with Crippen LogP contribution in [0.25, 0.3) is 5.65 Å². The highest BCUT2D eigenvalue weighted by molar-refractivity contribution is 5.93. The fourth-order valence-corrected chi connectivity index (χ4v) is 2.47. The van der Waals surface area contributed by atoms with Crippen molar-refractivity contribution in [2.45, 2.75) is 6.54 Å². The minimum absolute atomic E-state index is 0.0958. The van der Waals surface area contributed by atoms with E-state index < -0.39 is 16.2 Å². The Bertz CT molecular complexity index is 1040.